The van der Waals surface area contributed by atoms with Gasteiger partial charge in [-0.2, -0.15) is 4.21 Å². The summed E-state index contributed by atoms with van der Waals surface area (Å²) in [4.78, 5) is 25.2. The molecule has 7 heteroatoms. The number of hydrogen-bond donors (Lipinski definition) is 0. The predicted octanol–water partition coefficient (Wildman–Crippen LogP) is 3.03. The summed E-state index contributed by atoms with van der Waals surface area (Å²) in [5.74, 6) is -1.07. The average molecular weight is 353 g/mol. The van der Waals surface area contributed by atoms with Crippen molar-refractivity contribution in [3.63, 3.8) is 0 Å². The maximum Gasteiger partial charge on any atom is 0.383 e. The number of carbonyl (C=O) groups excluding carboxylic acids is 2. The average Bonchev–Trinajstić information content (AvgIpc) is 2.64. The maximum atomic E-state index is 12.6. The Morgan fingerprint density at radius 3 is 1.96 bits per heavy atom. The van der Waals surface area contributed by atoms with Gasteiger partial charge in [-0.05, 0) is 29.7 Å². The second-order valence-electron chi connectivity index (χ2n) is 5.29. The van der Waals surface area contributed by atoms with Crippen LogP contribution in [-0.4, -0.2) is 21.1 Å². The number of benzene rings is 3. The van der Waals surface area contributed by atoms with Gasteiger partial charge >= 0.3 is 11.4 Å². The summed E-state index contributed by atoms with van der Waals surface area (Å²) in [6.07, 6.45) is 0. The molecule has 0 saturated heterocycles. The molecule has 124 valence electrons. The van der Waals surface area contributed by atoms with Gasteiger partial charge in [0.25, 0.3) is 11.8 Å². The summed E-state index contributed by atoms with van der Waals surface area (Å²) < 4.78 is 22.1. The Labute approximate surface area is 145 Å². The molecule has 0 radical (unpaired) electrons. The second kappa shape index (κ2) is 6.12. The van der Waals surface area contributed by atoms with Crippen LogP contribution < -0.4 is 4.18 Å². The lowest BCUT2D eigenvalue weighted by Crippen LogP contribution is -2.41. The zero-order valence-corrected chi connectivity index (χ0v) is 13.6. The SMILES string of the molecule is O=C1c2cccc3cccc(c23)C(=O)N1OS(=O)Oc1ccccc1. The Hall–Kier alpha value is -3.03. The predicted molar refractivity (Wildman–Crippen MR) is 90.7 cm³/mol. The Bertz CT molecular complexity index is 968. The van der Waals surface area contributed by atoms with Crippen LogP contribution in [0, 0.1) is 0 Å². The summed E-state index contributed by atoms with van der Waals surface area (Å²) in [6.45, 7) is 0. The van der Waals surface area contributed by atoms with Crippen molar-refractivity contribution < 1.29 is 22.3 Å². The number of para-hydroxylation sites is 1. The van der Waals surface area contributed by atoms with Crippen LogP contribution in [0.5, 0.6) is 5.75 Å². The lowest BCUT2D eigenvalue weighted by atomic mass is 9.95. The topological polar surface area (TPSA) is 72.9 Å². The van der Waals surface area contributed by atoms with Gasteiger partial charge < -0.3 is 4.18 Å². The van der Waals surface area contributed by atoms with Crippen molar-refractivity contribution in [2.75, 3.05) is 0 Å². The van der Waals surface area contributed by atoms with Crippen molar-refractivity contribution in [3.8, 4) is 5.75 Å². The number of nitrogens with zero attached hydrogens (tertiary/aromatic N) is 1. The molecule has 2 amide bonds. The minimum atomic E-state index is -2.35. The molecular formula is C18H11NO5S. The van der Waals surface area contributed by atoms with Crippen molar-refractivity contribution in [1.29, 1.82) is 0 Å². The largest absolute Gasteiger partial charge is 0.383 e. The number of imide groups is 1. The number of hydroxylamine groups is 2. The van der Waals surface area contributed by atoms with Crippen LogP contribution in [-0.2, 0) is 15.6 Å². The summed E-state index contributed by atoms with van der Waals surface area (Å²) in [5.41, 5.74) is 0.619. The first-order chi connectivity index (χ1) is 12.1. The smallest absolute Gasteiger partial charge is 0.379 e. The molecule has 1 aliphatic rings. The van der Waals surface area contributed by atoms with Crippen molar-refractivity contribution in [2.24, 2.45) is 0 Å². The van der Waals surface area contributed by atoms with E-state index in [1.807, 2.05) is 12.1 Å². The van der Waals surface area contributed by atoms with Crippen LogP contribution in [0.25, 0.3) is 10.8 Å². The fourth-order valence-corrected chi connectivity index (χ4v) is 3.26. The van der Waals surface area contributed by atoms with Gasteiger partial charge in [0.05, 0.1) is 11.1 Å². The summed E-state index contributed by atoms with van der Waals surface area (Å²) in [7, 11) is 0. The fraction of sp³-hybridized carbons (Fsp3) is 0. The van der Waals surface area contributed by atoms with E-state index in [4.69, 9.17) is 8.47 Å². The van der Waals surface area contributed by atoms with Gasteiger partial charge in [0.2, 0.25) is 0 Å². The second-order valence-corrected chi connectivity index (χ2v) is 6.01. The van der Waals surface area contributed by atoms with Crippen LogP contribution >= 0.6 is 0 Å². The van der Waals surface area contributed by atoms with E-state index in [9.17, 15) is 13.8 Å². The van der Waals surface area contributed by atoms with Crippen LogP contribution in [0.1, 0.15) is 20.7 Å². The van der Waals surface area contributed by atoms with E-state index < -0.39 is 23.2 Å². The van der Waals surface area contributed by atoms with Gasteiger partial charge in [0.1, 0.15) is 5.75 Å². The highest BCUT2D eigenvalue weighted by atomic mass is 32.2. The first-order valence-electron chi connectivity index (χ1n) is 7.39. The molecule has 0 saturated carbocycles. The highest BCUT2D eigenvalue weighted by Gasteiger charge is 2.35. The molecule has 1 heterocycles. The van der Waals surface area contributed by atoms with Crippen molar-refractivity contribution in [3.05, 3.63) is 77.9 Å². The Kier molecular flexibility index (Phi) is 3.79. The third kappa shape index (κ3) is 2.69. The molecule has 1 unspecified atom stereocenters. The van der Waals surface area contributed by atoms with Crippen molar-refractivity contribution in [2.45, 2.75) is 0 Å². The summed E-state index contributed by atoms with van der Waals surface area (Å²) in [6, 6.07) is 18.6. The Morgan fingerprint density at radius 2 is 1.36 bits per heavy atom. The van der Waals surface area contributed by atoms with Gasteiger partial charge in [-0.3, -0.25) is 9.59 Å². The van der Waals surface area contributed by atoms with Crippen molar-refractivity contribution in [1.82, 2.24) is 5.06 Å². The van der Waals surface area contributed by atoms with E-state index >= 15 is 0 Å². The van der Waals surface area contributed by atoms with E-state index in [0.29, 0.717) is 27.3 Å². The minimum absolute atomic E-state index is 0.292. The third-order valence-corrected chi connectivity index (χ3v) is 4.38. The molecule has 0 fully saturated rings. The normalized spacial score (nSPS) is 14.6. The molecule has 0 spiro atoms. The molecule has 0 bridgehead atoms. The van der Waals surface area contributed by atoms with E-state index in [0.717, 1.165) is 5.39 Å². The summed E-state index contributed by atoms with van der Waals surface area (Å²) >= 11 is -2.35. The molecule has 0 aromatic heterocycles. The number of hydrogen-bond acceptors (Lipinski definition) is 5. The molecule has 3 aromatic carbocycles. The monoisotopic (exact) mass is 353 g/mol. The minimum Gasteiger partial charge on any atom is -0.379 e. The summed E-state index contributed by atoms with van der Waals surface area (Å²) in [5, 5.41) is 1.82. The molecule has 0 aliphatic carbocycles. The maximum absolute atomic E-state index is 12.6. The number of rotatable bonds is 4. The first-order valence-corrected chi connectivity index (χ1v) is 8.39. The molecule has 4 rings (SSSR count). The Morgan fingerprint density at radius 1 is 0.760 bits per heavy atom. The van der Waals surface area contributed by atoms with Crippen LogP contribution in [0.2, 0.25) is 0 Å². The van der Waals surface area contributed by atoms with Gasteiger partial charge in [-0.1, -0.05) is 42.5 Å². The lowest BCUT2D eigenvalue weighted by molar-refractivity contribution is -0.0157. The molecule has 1 atom stereocenters. The molecule has 25 heavy (non-hydrogen) atoms. The van der Waals surface area contributed by atoms with Crippen molar-refractivity contribution >= 4 is 33.9 Å². The van der Waals surface area contributed by atoms with Gasteiger partial charge in [-0.15, -0.1) is 9.35 Å². The van der Waals surface area contributed by atoms with Gasteiger partial charge in [0.15, 0.2) is 0 Å². The molecule has 1 aliphatic heterocycles. The molecule has 6 nitrogen and oxygen atoms in total. The zero-order valence-electron chi connectivity index (χ0n) is 12.7. The van der Waals surface area contributed by atoms with Gasteiger partial charge in [-0.25, -0.2) is 0 Å². The zero-order chi connectivity index (χ0) is 17.4. The van der Waals surface area contributed by atoms with Gasteiger partial charge in [0, 0.05) is 5.39 Å². The van der Waals surface area contributed by atoms with Crippen LogP contribution in [0.3, 0.4) is 0 Å². The first kappa shape index (κ1) is 15.5. The van der Waals surface area contributed by atoms with E-state index in [2.05, 4.69) is 0 Å². The standard InChI is InChI=1S/C18H11NO5S/c20-17-14-10-4-6-12-7-5-11-15(16(12)14)18(21)19(17)24-25(22)23-13-8-2-1-3-9-13/h1-11H. The number of carbonyl (C=O) groups is 2. The highest BCUT2D eigenvalue weighted by molar-refractivity contribution is 7.75. The molecule has 0 N–H and O–H groups in total. The third-order valence-electron chi connectivity index (χ3n) is 3.78. The van der Waals surface area contributed by atoms with E-state index in [1.165, 1.54) is 0 Å². The van der Waals surface area contributed by atoms with Crippen LogP contribution in [0.15, 0.2) is 66.7 Å². The number of amides is 2. The fourth-order valence-electron chi connectivity index (χ4n) is 2.71. The van der Waals surface area contributed by atoms with Crippen LogP contribution in [0.4, 0.5) is 0 Å². The quantitative estimate of drug-likeness (QED) is 0.674. The van der Waals surface area contributed by atoms with E-state index in [-0.39, 0.29) is 0 Å². The van der Waals surface area contributed by atoms with E-state index in [1.54, 1.807) is 54.6 Å². The molecular weight excluding hydrogens is 342 g/mol. The Balaban J connectivity index is 1.65. The highest BCUT2D eigenvalue weighted by Crippen LogP contribution is 2.30. The lowest BCUT2D eigenvalue weighted by Gasteiger charge is -2.24. The molecule has 3 aromatic rings.